The molecule has 1 aliphatic carbocycles. The van der Waals surface area contributed by atoms with Crippen LogP contribution in [0.15, 0.2) is 77.0 Å². The lowest BCUT2D eigenvalue weighted by Crippen LogP contribution is -2.54. The number of para-hydroxylation sites is 1. The number of β-amino-alcohol motifs (C(OH)–C–C–N with tert-alkyl or cyclic N) is 1. The summed E-state index contributed by atoms with van der Waals surface area (Å²) in [7, 11) is 0. The highest BCUT2D eigenvalue weighted by atomic mass is 32.1. The second-order valence-electron chi connectivity index (χ2n) is 21.7. The summed E-state index contributed by atoms with van der Waals surface area (Å²) in [4.78, 5) is 50.7. The average Bonchev–Trinajstić information content (AvgIpc) is 4.26. The summed E-state index contributed by atoms with van der Waals surface area (Å²) in [5.74, 6) is -2.82. The number of thiazole rings is 1. The van der Waals surface area contributed by atoms with Crippen molar-refractivity contribution in [1.29, 1.82) is 0 Å². The third kappa shape index (κ3) is 11.2. The van der Waals surface area contributed by atoms with Gasteiger partial charge in [0, 0.05) is 100 Å². The number of phenols is 1. The van der Waals surface area contributed by atoms with Crippen LogP contribution in [0, 0.1) is 18.7 Å². The number of nitrogens with zero attached hydrogens (tertiary/aromatic N) is 10. The average molecular weight is 1090 g/mol. The molecule has 412 valence electrons. The molecule has 2 unspecified atom stereocenters. The molecule has 1 aromatic carbocycles. The minimum absolute atomic E-state index is 0.0220. The van der Waals surface area contributed by atoms with Crippen LogP contribution in [0.2, 0.25) is 0 Å². The van der Waals surface area contributed by atoms with Crippen LogP contribution >= 0.6 is 11.3 Å². The van der Waals surface area contributed by atoms with Crippen LogP contribution in [0.25, 0.3) is 21.8 Å². The first-order valence-corrected chi connectivity index (χ1v) is 28.0. The zero-order chi connectivity index (χ0) is 54.2. The Hall–Kier alpha value is -7.01. The predicted molar refractivity (Wildman–Crippen MR) is 290 cm³/mol. The second-order valence-corrected chi connectivity index (χ2v) is 22.5. The number of pyridine rings is 2. The van der Waals surface area contributed by atoms with E-state index in [1.807, 2.05) is 50.4 Å². The van der Waals surface area contributed by atoms with Crippen LogP contribution in [0.5, 0.6) is 17.5 Å². The Kier molecular flexibility index (Phi) is 15.5. The van der Waals surface area contributed by atoms with Crippen molar-refractivity contribution in [2.45, 2.75) is 127 Å². The number of likely N-dealkylation sites (tertiary alicyclic amines) is 2. The molecular formula is C56H67FN12O8S. The van der Waals surface area contributed by atoms with Crippen LogP contribution in [0.4, 0.5) is 21.6 Å². The maximum absolute atomic E-state index is 16.1. The summed E-state index contributed by atoms with van der Waals surface area (Å²) in [6.07, 6.45) is 8.29. The molecule has 6 aromatic rings. The molecule has 5 aliphatic rings. The molecular weight excluding hydrogens is 1020 g/mol. The lowest BCUT2D eigenvalue weighted by Gasteiger charge is -2.43. The number of fused-ring (bicyclic) bond motifs is 2. The number of nitrogens with one attached hydrogen (secondary N) is 1. The van der Waals surface area contributed by atoms with E-state index >= 15 is 4.39 Å². The maximum atomic E-state index is 16.1. The lowest BCUT2D eigenvalue weighted by molar-refractivity contribution is -0.141. The van der Waals surface area contributed by atoms with Gasteiger partial charge in [-0.25, -0.2) is 9.97 Å². The normalized spacial score (nSPS) is 23.3. The second kappa shape index (κ2) is 22.8. The molecule has 78 heavy (non-hydrogen) atoms. The number of carbonyl (C=O) groups excluding carboxylic acids is 2. The van der Waals surface area contributed by atoms with Gasteiger partial charge in [-0.05, 0) is 86.5 Å². The number of aromatic hydroxyl groups is 1. The van der Waals surface area contributed by atoms with Gasteiger partial charge in [0.2, 0.25) is 23.5 Å². The van der Waals surface area contributed by atoms with Gasteiger partial charge in [0.1, 0.15) is 30.4 Å². The molecule has 2 amide bonds. The number of nitrogens with two attached hydrogens (primary N) is 1. The van der Waals surface area contributed by atoms with Gasteiger partial charge in [-0.15, -0.1) is 21.5 Å². The Balaban J connectivity index is 0.610. The molecule has 20 nitrogen and oxygen atoms in total. The number of aliphatic hydroxyl groups excluding tert-OH is 1. The van der Waals surface area contributed by atoms with Crippen LogP contribution in [-0.4, -0.2) is 151 Å². The molecule has 1 saturated carbocycles. The topological polar surface area (TPSA) is 244 Å². The van der Waals surface area contributed by atoms with E-state index in [-0.39, 0.29) is 67.4 Å². The highest BCUT2D eigenvalue weighted by molar-refractivity contribution is 7.13. The van der Waals surface area contributed by atoms with E-state index in [1.165, 1.54) is 16.2 Å². The number of aryl methyl sites for hydroxylation is 1. The van der Waals surface area contributed by atoms with E-state index in [9.17, 15) is 19.8 Å². The molecule has 0 radical (unpaired) electrons. The number of nitrogen functional groups attached to an aromatic ring is 1. The largest absolute Gasteiger partial charge is 0.507 e. The number of carbonyl (C=O) groups is 2. The number of aromatic nitrogens is 6. The molecule has 9 heterocycles. The molecule has 5 aromatic heterocycles. The number of benzene rings is 1. The van der Waals surface area contributed by atoms with Gasteiger partial charge >= 0.3 is 0 Å². The number of piperazine rings is 1. The minimum atomic E-state index is -1.11. The third-order valence-corrected chi connectivity index (χ3v) is 17.0. The van der Waals surface area contributed by atoms with E-state index < -0.39 is 47.7 Å². The Morgan fingerprint density at radius 1 is 0.923 bits per heavy atom. The maximum Gasteiger partial charge on any atom is 0.291 e. The van der Waals surface area contributed by atoms with Crippen LogP contribution in [0.1, 0.15) is 94.7 Å². The van der Waals surface area contributed by atoms with Crippen molar-refractivity contribution >= 4 is 40.3 Å². The van der Waals surface area contributed by atoms with Crippen molar-refractivity contribution in [1.82, 2.24) is 45.4 Å². The SMILES string of the molecule is Cc1ncsc1-c1ccc([C@H](C)NC(=O)[C@@H]2C[C@@H](O)CN2C(=O)[C@@H](c2onc(OCCN3CCC(OC4CC(Oc5cc(N6C7CCC6CN(c6cc(-c8ccccc8O)nnc6N)C7)ccn5)C4)CC3)c2F)C(C)C)cn1. The number of rotatable bonds is 18. The number of hydrogen-bond acceptors (Lipinski definition) is 19. The molecule has 22 heteroatoms. The standard InChI is InChI=1S/C56H67FN12O8S/c1-31(2)49(56(73)68-29-38(70)22-46(68)54(72)62-32(3)34-9-12-43(60-26-34)52-33(4)61-30-78-52)51-50(57)55(65-77-51)74-20-19-66-17-14-39(15-18-66)75-40-23-41(24-40)76-48-21-35(13-16-59-48)69-36-10-11-37(69)28-67(27-36)45-25-44(63-64-53(45)58)42-7-5-6-8-47(42)71/h5-9,12-13,16,21,25-26,30-32,36-41,46,49,70-71H,10-11,14-15,17-20,22-24,27-29H2,1-4H3,(H2,58,64)(H,62,72)/t32-,36?,37?,38+,40?,41?,46-,49+/m0/s1. The number of piperidine rings is 1. The molecule has 2 bridgehead atoms. The first-order chi connectivity index (χ1) is 37.7. The van der Waals surface area contributed by atoms with Gasteiger partial charge in [0.25, 0.3) is 5.88 Å². The molecule has 5 N–H and O–H groups in total. The Bertz CT molecular complexity index is 3060. The number of amides is 2. The monoisotopic (exact) mass is 1090 g/mol. The summed E-state index contributed by atoms with van der Waals surface area (Å²) in [5.41, 5.74) is 13.7. The first-order valence-electron chi connectivity index (χ1n) is 27.1. The van der Waals surface area contributed by atoms with Crippen molar-refractivity contribution in [3.05, 3.63) is 95.3 Å². The number of ether oxygens (including phenoxy) is 3. The van der Waals surface area contributed by atoms with E-state index in [0.717, 1.165) is 97.9 Å². The highest BCUT2D eigenvalue weighted by Gasteiger charge is 2.46. The molecule has 6 atom stereocenters. The third-order valence-electron chi connectivity index (χ3n) is 16.1. The fourth-order valence-electron chi connectivity index (χ4n) is 11.8. The zero-order valence-electron chi connectivity index (χ0n) is 44.3. The molecule has 5 fully saturated rings. The van der Waals surface area contributed by atoms with Crippen LogP contribution in [0.3, 0.4) is 0 Å². The van der Waals surface area contributed by atoms with Crippen molar-refractivity contribution in [2.24, 2.45) is 5.92 Å². The molecule has 0 spiro atoms. The van der Waals surface area contributed by atoms with E-state index in [4.69, 9.17) is 24.5 Å². The molecule has 4 aliphatic heterocycles. The quantitative estimate of drug-likeness (QED) is 0.0701. The van der Waals surface area contributed by atoms with Gasteiger partial charge in [-0.1, -0.05) is 32.0 Å². The number of phenolic OH excluding ortho intramolecular Hbond substituents is 1. The van der Waals surface area contributed by atoms with Crippen molar-refractivity contribution < 1.29 is 42.9 Å². The number of hydrogen-bond donors (Lipinski definition) is 4. The predicted octanol–water partition coefficient (Wildman–Crippen LogP) is 6.69. The Morgan fingerprint density at radius 2 is 1.71 bits per heavy atom. The fourth-order valence-corrected chi connectivity index (χ4v) is 12.6. The number of halogens is 1. The van der Waals surface area contributed by atoms with E-state index in [2.05, 4.69) is 62.5 Å². The molecule has 4 saturated heterocycles. The van der Waals surface area contributed by atoms with Crippen LogP contribution in [-0.2, 0) is 14.3 Å². The van der Waals surface area contributed by atoms with E-state index in [1.54, 1.807) is 37.7 Å². The highest BCUT2D eigenvalue weighted by Crippen LogP contribution is 2.41. The lowest BCUT2D eigenvalue weighted by atomic mass is 9.91. The fraction of sp³-hybridized carbons (Fsp3) is 0.500. The minimum Gasteiger partial charge on any atom is -0.507 e. The van der Waals surface area contributed by atoms with Crippen molar-refractivity contribution in [3.8, 4) is 39.3 Å². The Labute approximate surface area is 456 Å². The van der Waals surface area contributed by atoms with Gasteiger partial charge in [0.15, 0.2) is 11.6 Å². The summed E-state index contributed by atoms with van der Waals surface area (Å²) >= 11 is 1.51. The van der Waals surface area contributed by atoms with E-state index in [0.29, 0.717) is 29.5 Å². The van der Waals surface area contributed by atoms with Crippen molar-refractivity contribution in [2.75, 3.05) is 61.4 Å². The first kappa shape index (κ1) is 53.0. The summed E-state index contributed by atoms with van der Waals surface area (Å²) in [6.45, 7) is 11.0. The molecule has 11 rings (SSSR count). The summed E-state index contributed by atoms with van der Waals surface area (Å²) in [5, 5.41) is 36.6. The number of aliphatic hydroxyl groups is 1. The van der Waals surface area contributed by atoms with Gasteiger partial charge in [0.05, 0.1) is 57.5 Å². The smallest absolute Gasteiger partial charge is 0.291 e. The van der Waals surface area contributed by atoms with Crippen molar-refractivity contribution in [3.63, 3.8) is 0 Å². The summed E-state index contributed by atoms with van der Waals surface area (Å²) in [6, 6.07) is 16.0. The van der Waals surface area contributed by atoms with Crippen LogP contribution < -0.4 is 30.3 Å². The van der Waals surface area contributed by atoms with Gasteiger partial charge in [-0.2, -0.15) is 4.39 Å². The zero-order valence-corrected chi connectivity index (χ0v) is 45.1. The van der Waals surface area contributed by atoms with Gasteiger partial charge < -0.3 is 54.7 Å². The Morgan fingerprint density at radius 3 is 2.42 bits per heavy atom. The number of anilines is 3. The van der Waals surface area contributed by atoms with Gasteiger partial charge in [-0.3, -0.25) is 19.5 Å². The summed E-state index contributed by atoms with van der Waals surface area (Å²) < 4.78 is 40.3.